The SMILES string of the molecule is CCCNc1cc(NCCn2ccnn2)nc(C2CC2)n1. The van der Waals surface area contributed by atoms with Gasteiger partial charge >= 0.3 is 0 Å². The third-order valence-corrected chi connectivity index (χ3v) is 3.36. The third kappa shape index (κ3) is 3.90. The standard InChI is InChI=1S/C14H21N7/c1-2-5-15-12-10-13(19-14(18-12)11-3-4-11)16-6-8-21-9-7-17-20-21/h7,9-11H,2-6,8H2,1H3,(H2,15,16,18,19). The van der Waals surface area contributed by atoms with Crippen molar-refractivity contribution in [3.8, 4) is 0 Å². The van der Waals surface area contributed by atoms with Crippen molar-refractivity contribution in [2.75, 3.05) is 23.7 Å². The summed E-state index contributed by atoms with van der Waals surface area (Å²) in [6.45, 7) is 4.60. The number of rotatable bonds is 8. The van der Waals surface area contributed by atoms with Crippen LogP contribution in [-0.4, -0.2) is 38.1 Å². The zero-order valence-corrected chi connectivity index (χ0v) is 12.3. The maximum atomic E-state index is 4.61. The minimum Gasteiger partial charge on any atom is -0.370 e. The molecule has 2 aromatic heterocycles. The van der Waals surface area contributed by atoms with Crippen LogP contribution in [0.3, 0.4) is 0 Å². The molecule has 7 nitrogen and oxygen atoms in total. The molecule has 7 heteroatoms. The highest BCUT2D eigenvalue weighted by Gasteiger charge is 2.27. The molecule has 1 fully saturated rings. The second kappa shape index (κ2) is 6.51. The number of aromatic nitrogens is 5. The van der Waals surface area contributed by atoms with Gasteiger partial charge < -0.3 is 10.6 Å². The molecule has 0 aliphatic heterocycles. The van der Waals surface area contributed by atoms with Gasteiger partial charge in [-0.2, -0.15) is 0 Å². The van der Waals surface area contributed by atoms with E-state index in [1.807, 2.05) is 12.3 Å². The summed E-state index contributed by atoms with van der Waals surface area (Å²) < 4.78 is 1.80. The fourth-order valence-corrected chi connectivity index (χ4v) is 2.07. The zero-order chi connectivity index (χ0) is 14.5. The molecule has 1 aliphatic carbocycles. The summed E-state index contributed by atoms with van der Waals surface area (Å²) in [6, 6.07) is 1.98. The molecule has 2 aromatic rings. The van der Waals surface area contributed by atoms with E-state index in [-0.39, 0.29) is 0 Å². The van der Waals surface area contributed by atoms with Crippen LogP contribution in [0.1, 0.15) is 37.9 Å². The number of hydrogen-bond acceptors (Lipinski definition) is 6. The second-order valence-electron chi connectivity index (χ2n) is 5.29. The van der Waals surface area contributed by atoms with E-state index in [9.17, 15) is 0 Å². The first-order valence-electron chi connectivity index (χ1n) is 7.56. The maximum absolute atomic E-state index is 4.61. The van der Waals surface area contributed by atoms with Crippen LogP contribution in [0, 0.1) is 0 Å². The molecular formula is C14H21N7. The molecule has 2 N–H and O–H groups in total. The second-order valence-corrected chi connectivity index (χ2v) is 5.29. The summed E-state index contributed by atoms with van der Waals surface area (Å²) in [7, 11) is 0. The van der Waals surface area contributed by atoms with Gasteiger partial charge in [-0.15, -0.1) is 5.10 Å². The normalized spacial score (nSPS) is 14.1. The van der Waals surface area contributed by atoms with E-state index in [4.69, 9.17) is 0 Å². The fourth-order valence-electron chi connectivity index (χ4n) is 2.07. The van der Waals surface area contributed by atoms with Crippen molar-refractivity contribution < 1.29 is 0 Å². The van der Waals surface area contributed by atoms with Gasteiger partial charge in [0, 0.05) is 31.3 Å². The van der Waals surface area contributed by atoms with Crippen LogP contribution in [0.5, 0.6) is 0 Å². The Morgan fingerprint density at radius 1 is 1.19 bits per heavy atom. The lowest BCUT2D eigenvalue weighted by molar-refractivity contribution is 0.608. The van der Waals surface area contributed by atoms with E-state index in [1.54, 1.807) is 10.9 Å². The average molecular weight is 287 g/mol. The average Bonchev–Trinajstić information content (AvgIpc) is 3.23. The minimum absolute atomic E-state index is 0.546. The first-order chi connectivity index (χ1) is 10.3. The van der Waals surface area contributed by atoms with Gasteiger partial charge in [0.05, 0.1) is 12.7 Å². The Kier molecular flexibility index (Phi) is 4.28. The van der Waals surface area contributed by atoms with Crippen LogP contribution in [-0.2, 0) is 6.54 Å². The van der Waals surface area contributed by atoms with Crippen LogP contribution in [0.4, 0.5) is 11.6 Å². The van der Waals surface area contributed by atoms with Gasteiger partial charge in [-0.25, -0.2) is 9.97 Å². The van der Waals surface area contributed by atoms with Crippen molar-refractivity contribution in [2.24, 2.45) is 0 Å². The fraction of sp³-hybridized carbons (Fsp3) is 0.571. The summed E-state index contributed by atoms with van der Waals surface area (Å²) in [4.78, 5) is 9.22. The molecule has 21 heavy (non-hydrogen) atoms. The lowest BCUT2D eigenvalue weighted by atomic mass is 10.3. The molecule has 2 heterocycles. The van der Waals surface area contributed by atoms with Crippen molar-refractivity contribution >= 4 is 11.6 Å². The molecular weight excluding hydrogens is 266 g/mol. The van der Waals surface area contributed by atoms with Crippen LogP contribution < -0.4 is 10.6 Å². The Balaban J connectivity index is 1.63. The summed E-state index contributed by atoms with van der Waals surface area (Å²) in [5.41, 5.74) is 0. The topological polar surface area (TPSA) is 80.5 Å². The molecule has 0 unspecified atom stereocenters. The summed E-state index contributed by atoms with van der Waals surface area (Å²) >= 11 is 0. The molecule has 0 saturated heterocycles. The maximum Gasteiger partial charge on any atom is 0.136 e. The zero-order valence-electron chi connectivity index (χ0n) is 12.3. The molecule has 0 aromatic carbocycles. The molecule has 0 bridgehead atoms. The number of anilines is 2. The summed E-state index contributed by atoms with van der Waals surface area (Å²) in [6.07, 6.45) is 7.03. The van der Waals surface area contributed by atoms with E-state index in [1.165, 1.54) is 12.8 Å². The number of nitrogens with zero attached hydrogens (tertiary/aromatic N) is 5. The van der Waals surface area contributed by atoms with E-state index in [2.05, 4.69) is 37.8 Å². The lowest BCUT2D eigenvalue weighted by Crippen LogP contribution is -2.13. The molecule has 0 spiro atoms. The van der Waals surface area contributed by atoms with Crippen LogP contribution >= 0.6 is 0 Å². The highest BCUT2D eigenvalue weighted by molar-refractivity contribution is 5.48. The Hall–Kier alpha value is -2.18. The van der Waals surface area contributed by atoms with E-state index < -0.39 is 0 Å². The van der Waals surface area contributed by atoms with E-state index in [0.29, 0.717) is 5.92 Å². The first-order valence-corrected chi connectivity index (χ1v) is 7.56. The molecule has 112 valence electrons. The van der Waals surface area contributed by atoms with E-state index in [0.717, 1.165) is 43.5 Å². The van der Waals surface area contributed by atoms with Gasteiger partial charge in [0.15, 0.2) is 0 Å². The predicted octanol–water partition coefficient (Wildman–Crippen LogP) is 1.88. The Labute approximate surface area is 124 Å². The highest BCUT2D eigenvalue weighted by Crippen LogP contribution is 2.38. The van der Waals surface area contributed by atoms with Gasteiger partial charge in [0.25, 0.3) is 0 Å². The van der Waals surface area contributed by atoms with Crippen molar-refractivity contribution in [2.45, 2.75) is 38.6 Å². The first kappa shape index (κ1) is 13.8. The van der Waals surface area contributed by atoms with Gasteiger partial charge in [-0.05, 0) is 19.3 Å². The summed E-state index contributed by atoms with van der Waals surface area (Å²) in [5, 5.41) is 14.4. The largest absolute Gasteiger partial charge is 0.370 e. The van der Waals surface area contributed by atoms with Gasteiger partial charge in [0.1, 0.15) is 17.5 Å². The van der Waals surface area contributed by atoms with Crippen molar-refractivity contribution in [3.63, 3.8) is 0 Å². The predicted molar refractivity (Wildman–Crippen MR) is 81.3 cm³/mol. The Bertz CT molecular complexity index is 563. The van der Waals surface area contributed by atoms with Crippen LogP contribution in [0.25, 0.3) is 0 Å². The molecule has 3 rings (SSSR count). The molecule has 1 saturated carbocycles. The molecule has 0 radical (unpaired) electrons. The lowest BCUT2D eigenvalue weighted by Gasteiger charge is -2.10. The van der Waals surface area contributed by atoms with Crippen LogP contribution in [0.15, 0.2) is 18.5 Å². The van der Waals surface area contributed by atoms with Gasteiger partial charge in [-0.3, -0.25) is 4.68 Å². The van der Waals surface area contributed by atoms with Crippen molar-refractivity contribution in [1.29, 1.82) is 0 Å². The molecule has 1 aliphatic rings. The Morgan fingerprint density at radius 3 is 2.57 bits per heavy atom. The van der Waals surface area contributed by atoms with Crippen molar-refractivity contribution in [3.05, 3.63) is 24.3 Å². The van der Waals surface area contributed by atoms with Crippen molar-refractivity contribution in [1.82, 2.24) is 25.0 Å². The summed E-state index contributed by atoms with van der Waals surface area (Å²) in [5.74, 6) is 3.30. The number of nitrogens with one attached hydrogen (secondary N) is 2. The quantitative estimate of drug-likeness (QED) is 0.771. The molecule has 0 amide bonds. The monoisotopic (exact) mass is 287 g/mol. The smallest absolute Gasteiger partial charge is 0.136 e. The number of hydrogen-bond donors (Lipinski definition) is 2. The van der Waals surface area contributed by atoms with E-state index >= 15 is 0 Å². The minimum atomic E-state index is 0.546. The third-order valence-electron chi connectivity index (χ3n) is 3.36. The highest BCUT2D eigenvalue weighted by atomic mass is 15.4. The van der Waals surface area contributed by atoms with Gasteiger partial charge in [0.2, 0.25) is 0 Å². The molecule has 0 atom stereocenters. The van der Waals surface area contributed by atoms with Crippen LogP contribution in [0.2, 0.25) is 0 Å². The Morgan fingerprint density at radius 2 is 1.95 bits per heavy atom. The van der Waals surface area contributed by atoms with Gasteiger partial charge in [-0.1, -0.05) is 12.1 Å².